The van der Waals surface area contributed by atoms with Crippen molar-refractivity contribution in [3.8, 4) is 5.75 Å². The number of halogens is 2. The molecule has 3 nitrogen and oxygen atoms in total. The molecule has 1 aliphatic heterocycles. The molecular weight excluding hydrogens is 299 g/mol. The van der Waals surface area contributed by atoms with Crippen molar-refractivity contribution in [3.05, 3.63) is 28.0 Å². The Balaban J connectivity index is 2.02. The summed E-state index contributed by atoms with van der Waals surface area (Å²) >= 11 is 3.18. The number of nitrogens with one attached hydrogen (secondary N) is 1. The maximum absolute atomic E-state index is 13.8. The molecule has 0 spiro atoms. The molecule has 2 rings (SSSR count). The van der Waals surface area contributed by atoms with E-state index in [1.807, 2.05) is 6.07 Å². The highest BCUT2D eigenvalue weighted by Gasteiger charge is 2.14. The highest BCUT2D eigenvalue weighted by molar-refractivity contribution is 9.10. The molecule has 0 aliphatic carbocycles. The summed E-state index contributed by atoms with van der Waals surface area (Å²) in [4.78, 5) is 2.38. The Hall–Kier alpha value is -0.650. The average molecular weight is 317 g/mol. The molecule has 5 heteroatoms. The molecule has 0 bridgehead atoms. The molecule has 0 atom stereocenters. The number of nitrogens with zero attached hydrogens (tertiary/aromatic N) is 1. The molecule has 1 N–H and O–H groups in total. The van der Waals surface area contributed by atoms with Crippen LogP contribution in [-0.4, -0.2) is 44.7 Å². The van der Waals surface area contributed by atoms with Crippen molar-refractivity contribution >= 4 is 15.9 Å². The van der Waals surface area contributed by atoms with E-state index >= 15 is 0 Å². The molecule has 18 heavy (non-hydrogen) atoms. The quantitative estimate of drug-likeness (QED) is 0.920. The van der Waals surface area contributed by atoms with Crippen LogP contribution in [0.5, 0.6) is 5.75 Å². The Morgan fingerprint density at radius 2 is 2.11 bits per heavy atom. The summed E-state index contributed by atoms with van der Waals surface area (Å²) in [7, 11) is 1.51. The Morgan fingerprint density at radius 3 is 2.78 bits per heavy atom. The van der Waals surface area contributed by atoms with Crippen LogP contribution in [-0.2, 0) is 6.42 Å². The van der Waals surface area contributed by atoms with E-state index < -0.39 is 0 Å². The van der Waals surface area contributed by atoms with Crippen LogP contribution in [0.4, 0.5) is 4.39 Å². The normalized spacial score (nSPS) is 16.8. The lowest BCUT2D eigenvalue weighted by molar-refractivity contribution is 0.242. The molecule has 0 amide bonds. The fraction of sp³-hybridized carbons (Fsp3) is 0.538. The van der Waals surface area contributed by atoms with Gasteiger partial charge in [-0.2, -0.15) is 0 Å². The first-order valence-electron chi connectivity index (χ1n) is 6.16. The number of methoxy groups -OCH3 is 1. The van der Waals surface area contributed by atoms with E-state index in [-0.39, 0.29) is 5.82 Å². The summed E-state index contributed by atoms with van der Waals surface area (Å²) in [6.45, 7) is 5.12. The maximum Gasteiger partial charge on any atom is 0.179 e. The molecule has 1 saturated heterocycles. The van der Waals surface area contributed by atoms with Crippen molar-refractivity contribution in [1.29, 1.82) is 0 Å². The summed E-state index contributed by atoms with van der Waals surface area (Å²) in [5.74, 6) is 0.0508. The van der Waals surface area contributed by atoms with Gasteiger partial charge < -0.3 is 15.0 Å². The molecule has 1 aromatic rings. The Kier molecular flexibility index (Phi) is 4.97. The van der Waals surface area contributed by atoms with Crippen LogP contribution < -0.4 is 10.1 Å². The molecule has 1 fully saturated rings. The second-order valence-corrected chi connectivity index (χ2v) is 5.25. The number of benzene rings is 1. The number of hydrogen-bond acceptors (Lipinski definition) is 3. The van der Waals surface area contributed by atoms with E-state index in [1.165, 1.54) is 7.11 Å². The van der Waals surface area contributed by atoms with Crippen LogP contribution in [0.15, 0.2) is 16.6 Å². The van der Waals surface area contributed by atoms with Crippen molar-refractivity contribution in [1.82, 2.24) is 10.2 Å². The monoisotopic (exact) mass is 316 g/mol. The summed E-state index contributed by atoms with van der Waals surface area (Å²) in [6.07, 6.45) is 0.813. The Morgan fingerprint density at radius 1 is 1.39 bits per heavy atom. The third-order valence-corrected chi connectivity index (χ3v) is 3.86. The molecule has 0 radical (unpaired) electrons. The predicted octanol–water partition coefficient (Wildman–Crippen LogP) is 2.04. The first-order chi connectivity index (χ1) is 8.72. The summed E-state index contributed by atoms with van der Waals surface area (Å²) in [6, 6.07) is 3.67. The largest absolute Gasteiger partial charge is 0.493 e. The van der Waals surface area contributed by atoms with Gasteiger partial charge in [0.05, 0.1) is 11.6 Å². The molecule has 1 aromatic carbocycles. The Bertz CT molecular complexity index is 408. The first kappa shape index (κ1) is 13.8. The lowest BCUT2D eigenvalue weighted by atomic mass is 10.1. The zero-order chi connectivity index (χ0) is 13.0. The molecule has 0 unspecified atom stereocenters. The van der Waals surface area contributed by atoms with Crippen LogP contribution >= 0.6 is 15.9 Å². The van der Waals surface area contributed by atoms with E-state index in [1.54, 1.807) is 6.07 Å². The van der Waals surface area contributed by atoms with Crippen LogP contribution in [0.1, 0.15) is 5.56 Å². The van der Waals surface area contributed by atoms with Gasteiger partial charge in [-0.25, -0.2) is 4.39 Å². The van der Waals surface area contributed by atoms with Gasteiger partial charge >= 0.3 is 0 Å². The second kappa shape index (κ2) is 6.50. The minimum Gasteiger partial charge on any atom is -0.493 e. The first-order valence-corrected chi connectivity index (χ1v) is 6.95. The SMILES string of the molecule is COc1c(CCN2CCNCC2)ccc(Br)c1F. The number of piperazine rings is 1. The van der Waals surface area contributed by atoms with Crippen molar-refractivity contribution < 1.29 is 9.13 Å². The average Bonchev–Trinajstić information content (AvgIpc) is 2.41. The molecular formula is C13H18BrFN2O. The van der Waals surface area contributed by atoms with Gasteiger partial charge in [-0.05, 0) is 34.0 Å². The number of hydrogen-bond donors (Lipinski definition) is 1. The second-order valence-electron chi connectivity index (χ2n) is 4.40. The van der Waals surface area contributed by atoms with Crippen LogP contribution in [0.25, 0.3) is 0 Å². The zero-order valence-corrected chi connectivity index (χ0v) is 12.1. The lowest BCUT2D eigenvalue weighted by Crippen LogP contribution is -2.44. The third kappa shape index (κ3) is 3.22. The van der Waals surface area contributed by atoms with Gasteiger partial charge in [-0.1, -0.05) is 6.07 Å². The minimum absolute atomic E-state index is 0.310. The van der Waals surface area contributed by atoms with E-state index in [0.29, 0.717) is 10.2 Å². The van der Waals surface area contributed by atoms with Crippen molar-refractivity contribution in [2.45, 2.75) is 6.42 Å². The summed E-state index contributed by atoms with van der Waals surface area (Å²) in [5.41, 5.74) is 0.928. The minimum atomic E-state index is -0.310. The van der Waals surface area contributed by atoms with Crippen molar-refractivity contribution in [2.24, 2.45) is 0 Å². The fourth-order valence-electron chi connectivity index (χ4n) is 2.20. The van der Waals surface area contributed by atoms with E-state index in [4.69, 9.17) is 4.74 Å². The van der Waals surface area contributed by atoms with E-state index in [9.17, 15) is 4.39 Å². The smallest absolute Gasteiger partial charge is 0.179 e. The van der Waals surface area contributed by atoms with E-state index in [0.717, 1.165) is 44.7 Å². The Labute approximate surface area is 115 Å². The molecule has 0 aromatic heterocycles. The highest BCUT2D eigenvalue weighted by atomic mass is 79.9. The van der Waals surface area contributed by atoms with Gasteiger partial charge in [0.15, 0.2) is 11.6 Å². The summed E-state index contributed by atoms with van der Waals surface area (Å²) < 4.78 is 19.4. The lowest BCUT2D eigenvalue weighted by Gasteiger charge is -2.27. The van der Waals surface area contributed by atoms with Gasteiger partial charge in [0, 0.05) is 32.7 Å². The van der Waals surface area contributed by atoms with Gasteiger partial charge in [-0.15, -0.1) is 0 Å². The van der Waals surface area contributed by atoms with Gasteiger partial charge in [0.1, 0.15) is 0 Å². The highest BCUT2D eigenvalue weighted by Crippen LogP contribution is 2.29. The number of ether oxygens (including phenoxy) is 1. The third-order valence-electron chi connectivity index (χ3n) is 3.24. The standard InChI is InChI=1S/C13H18BrFN2O/c1-18-13-10(2-3-11(14)12(13)15)4-7-17-8-5-16-6-9-17/h2-3,16H,4-9H2,1H3. The van der Waals surface area contributed by atoms with Crippen LogP contribution in [0.3, 0.4) is 0 Å². The van der Waals surface area contributed by atoms with E-state index in [2.05, 4.69) is 26.1 Å². The van der Waals surface area contributed by atoms with Crippen molar-refractivity contribution in [3.63, 3.8) is 0 Å². The van der Waals surface area contributed by atoms with Crippen molar-refractivity contribution in [2.75, 3.05) is 39.8 Å². The number of rotatable bonds is 4. The van der Waals surface area contributed by atoms with Gasteiger partial charge in [0.2, 0.25) is 0 Å². The van der Waals surface area contributed by atoms with Gasteiger partial charge in [-0.3, -0.25) is 0 Å². The molecule has 100 valence electrons. The topological polar surface area (TPSA) is 24.5 Å². The van der Waals surface area contributed by atoms with Crippen LogP contribution in [0, 0.1) is 5.82 Å². The van der Waals surface area contributed by atoms with Gasteiger partial charge in [0.25, 0.3) is 0 Å². The molecule has 0 saturated carbocycles. The van der Waals surface area contributed by atoms with Crippen LogP contribution in [0.2, 0.25) is 0 Å². The predicted molar refractivity (Wildman–Crippen MR) is 73.7 cm³/mol. The summed E-state index contributed by atoms with van der Waals surface area (Å²) in [5, 5.41) is 3.32. The fourth-order valence-corrected chi connectivity index (χ4v) is 2.52. The molecule has 1 aliphatic rings. The maximum atomic E-state index is 13.8. The molecule has 1 heterocycles. The zero-order valence-electron chi connectivity index (χ0n) is 10.5.